The molecule has 0 aliphatic heterocycles. The summed E-state index contributed by atoms with van der Waals surface area (Å²) in [5, 5.41) is 0. The maximum Gasteiger partial charge on any atom is 0.135 e. The number of benzene rings is 1. The normalized spacial score (nSPS) is 10.5. The Kier molecular flexibility index (Phi) is 2.91. The lowest BCUT2D eigenvalue weighted by Gasteiger charge is -2.03. The van der Waals surface area contributed by atoms with Crippen molar-refractivity contribution in [2.45, 2.75) is 6.54 Å². The molecule has 2 rings (SSSR count). The highest BCUT2D eigenvalue weighted by molar-refractivity contribution is 5.70. The zero-order valence-corrected chi connectivity index (χ0v) is 9.03. The minimum Gasteiger partial charge on any atom is -0.383 e. The van der Waals surface area contributed by atoms with Gasteiger partial charge in [0.25, 0.3) is 0 Å². The Labute approximate surface area is 97.2 Å². The topological polar surface area (TPSA) is 43.8 Å². The number of hydrogen-bond donors (Lipinski definition) is 1. The molecule has 1 heterocycles. The Morgan fingerprint density at radius 3 is 2.82 bits per heavy atom. The fraction of sp³-hybridized carbons (Fsp3) is 0.0833. The smallest absolute Gasteiger partial charge is 0.135 e. The van der Waals surface area contributed by atoms with Gasteiger partial charge in [-0.15, -0.1) is 6.58 Å². The molecule has 17 heavy (non-hydrogen) atoms. The molecule has 1 aromatic carbocycles. The molecule has 0 radical (unpaired) electrons. The molecular formula is C12H11F2N3. The second-order valence-corrected chi connectivity index (χ2v) is 3.54. The molecular weight excluding hydrogens is 224 g/mol. The predicted molar refractivity (Wildman–Crippen MR) is 62.2 cm³/mol. The summed E-state index contributed by atoms with van der Waals surface area (Å²) in [5.74, 6) is -0.980. The summed E-state index contributed by atoms with van der Waals surface area (Å²) in [6, 6.07) is 3.30. The molecule has 1 aromatic heterocycles. The third kappa shape index (κ3) is 2.04. The van der Waals surface area contributed by atoms with Gasteiger partial charge in [-0.25, -0.2) is 13.8 Å². The van der Waals surface area contributed by atoms with Crippen LogP contribution in [0.15, 0.2) is 37.2 Å². The number of imidazole rings is 1. The van der Waals surface area contributed by atoms with Crippen molar-refractivity contribution in [3.8, 4) is 11.3 Å². The number of halogens is 2. The van der Waals surface area contributed by atoms with Crippen LogP contribution in [0, 0.1) is 11.6 Å². The molecule has 0 saturated carbocycles. The van der Waals surface area contributed by atoms with E-state index in [1.807, 2.05) is 0 Å². The highest BCUT2D eigenvalue weighted by Crippen LogP contribution is 2.27. The number of aromatic nitrogens is 2. The highest BCUT2D eigenvalue weighted by atomic mass is 19.1. The van der Waals surface area contributed by atoms with Crippen LogP contribution in [0.1, 0.15) is 0 Å². The summed E-state index contributed by atoms with van der Waals surface area (Å²) in [5.41, 5.74) is 6.32. The van der Waals surface area contributed by atoms with Crippen molar-refractivity contribution in [1.82, 2.24) is 9.55 Å². The van der Waals surface area contributed by atoms with E-state index in [1.54, 1.807) is 10.6 Å². The first kappa shape index (κ1) is 11.3. The van der Waals surface area contributed by atoms with Crippen LogP contribution in [0.25, 0.3) is 11.3 Å². The van der Waals surface area contributed by atoms with Crippen LogP contribution in [0.5, 0.6) is 0 Å². The molecule has 2 aromatic rings. The van der Waals surface area contributed by atoms with Gasteiger partial charge in [-0.2, -0.15) is 0 Å². The first-order valence-corrected chi connectivity index (χ1v) is 5.00. The van der Waals surface area contributed by atoms with Crippen molar-refractivity contribution < 1.29 is 8.78 Å². The van der Waals surface area contributed by atoms with Crippen molar-refractivity contribution in [2.75, 3.05) is 5.73 Å². The molecule has 2 N–H and O–H groups in total. The van der Waals surface area contributed by atoms with Gasteiger partial charge in [-0.1, -0.05) is 6.08 Å². The zero-order valence-electron chi connectivity index (χ0n) is 9.03. The SMILES string of the molecule is C=CCn1cnc(-c2ccc(F)cc2F)c1N. The molecule has 0 spiro atoms. The van der Waals surface area contributed by atoms with Crippen LogP contribution >= 0.6 is 0 Å². The lowest BCUT2D eigenvalue weighted by atomic mass is 10.1. The van der Waals surface area contributed by atoms with E-state index in [2.05, 4.69) is 11.6 Å². The van der Waals surface area contributed by atoms with Gasteiger partial charge in [0, 0.05) is 18.2 Å². The molecule has 0 bridgehead atoms. The van der Waals surface area contributed by atoms with Crippen molar-refractivity contribution >= 4 is 5.82 Å². The van der Waals surface area contributed by atoms with Crippen LogP contribution in [-0.4, -0.2) is 9.55 Å². The molecule has 5 heteroatoms. The van der Waals surface area contributed by atoms with E-state index < -0.39 is 11.6 Å². The third-order valence-electron chi connectivity index (χ3n) is 2.39. The number of anilines is 1. The van der Waals surface area contributed by atoms with E-state index in [1.165, 1.54) is 18.5 Å². The van der Waals surface area contributed by atoms with Gasteiger partial charge in [0.2, 0.25) is 0 Å². The van der Waals surface area contributed by atoms with Gasteiger partial charge in [0.05, 0.1) is 6.33 Å². The first-order chi connectivity index (χ1) is 8.13. The van der Waals surface area contributed by atoms with E-state index in [0.717, 1.165) is 6.07 Å². The Morgan fingerprint density at radius 2 is 2.18 bits per heavy atom. The van der Waals surface area contributed by atoms with Crippen molar-refractivity contribution in [2.24, 2.45) is 0 Å². The van der Waals surface area contributed by atoms with E-state index in [4.69, 9.17) is 5.73 Å². The Morgan fingerprint density at radius 1 is 1.41 bits per heavy atom. The Bertz CT molecular complexity index is 561. The van der Waals surface area contributed by atoms with Crippen LogP contribution < -0.4 is 5.73 Å². The summed E-state index contributed by atoms with van der Waals surface area (Å²) in [6.45, 7) is 4.07. The summed E-state index contributed by atoms with van der Waals surface area (Å²) < 4.78 is 28.0. The molecule has 0 amide bonds. The largest absolute Gasteiger partial charge is 0.383 e. The molecule has 88 valence electrons. The van der Waals surface area contributed by atoms with Gasteiger partial charge in [-0.05, 0) is 12.1 Å². The van der Waals surface area contributed by atoms with Crippen LogP contribution in [0.2, 0.25) is 0 Å². The van der Waals surface area contributed by atoms with Gasteiger partial charge >= 0.3 is 0 Å². The molecule has 0 aliphatic rings. The maximum atomic E-state index is 13.5. The average Bonchev–Trinajstić information content (AvgIpc) is 2.62. The minimum atomic E-state index is -0.680. The molecule has 0 fully saturated rings. The van der Waals surface area contributed by atoms with E-state index in [0.29, 0.717) is 18.1 Å². The Balaban J connectivity index is 2.49. The van der Waals surface area contributed by atoms with Gasteiger partial charge in [-0.3, -0.25) is 0 Å². The molecule has 3 nitrogen and oxygen atoms in total. The van der Waals surface area contributed by atoms with Crippen LogP contribution in [0.4, 0.5) is 14.6 Å². The number of rotatable bonds is 3. The number of nitrogens with zero attached hydrogens (tertiary/aromatic N) is 2. The standard InChI is InChI=1S/C12H11F2N3/c1-2-5-17-7-16-11(12(17)15)9-4-3-8(13)6-10(9)14/h2-4,6-7H,1,5,15H2. The summed E-state index contributed by atoms with van der Waals surface area (Å²) >= 11 is 0. The fourth-order valence-corrected chi connectivity index (χ4v) is 1.57. The molecule has 0 aliphatic carbocycles. The van der Waals surface area contributed by atoms with E-state index in [9.17, 15) is 8.78 Å². The first-order valence-electron chi connectivity index (χ1n) is 5.00. The van der Waals surface area contributed by atoms with Crippen LogP contribution in [-0.2, 0) is 6.54 Å². The highest BCUT2D eigenvalue weighted by Gasteiger charge is 2.13. The number of nitrogen functional groups attached to an aromatic ring is 1. The van der Waals surface area contributed by atoms with Crippen LogP contribution in [0.3, 0.4) is 0 Å². The lowest BCUT2D eigenvalue weighted by Crippen LogP contribution is -2.00. The van der Waals surface area contributed by atoms with E-state index >= 15 is 0 Å². The summed E-state index contributed by atoms with van der Waals surface area (Å²) in [7, 11) is 0. The molecule has 0 atom stereocenters. The predicted octanol–water partition coefficient (Wildman–Crippen LogP) is 2.60. The third-order valence-corrected chi connectivity index (χ3v) is 2.39. The summed E-state index contributed by atoms with van der Waals surface area (Å²) in [6.07, 6.45) is 3.15. The minimum absolute atomic E-state index is 0.187. The van der Waals surface area contributed by atoms with E-state index in [-0.39, 0.29) is 5.56 Å². The second-order valence-electron chi connectivity index (χ2n) is 3.54. The fourth-order valence-electron chi connectivity index (χ4n) is 1.57. The number of allylic oxidation sites excluding steroid dienone is 1. The van der Waals surface area contributed by atoms with Gasteiger partial charge in [0.15, 0.2) is 0 Å². The maximum absolute atomic E-state index is 13.5. The number of nitrogens with two attached hydrogens (primary N) is 1. The molecule has 0 saturated heterocycles. The monoisotopic (exact) mass is 235 g/mol. The quantitative estimate of drug-likeness (QED) is 0.831. The zero-order chi connectivity index (χ0) is 12.4. The summed E-state index contributed by atoms with van der Waals surface area (Å²) in [4.78, 5) is 4.02. The van der Waals surface area contributed by atoms with Gasteiger partial charge < -0.3 is 10.3 Å². The van der Waals surface area contributed by atoms with Crippen molar-refractivity contribution in [1.29, 1.82) is 0 Å². The second kappa shape index (κ2) is 4.37. The van der Waals surface area contributed by atoms with Gasteiger partial charge in [0.1, 0.15) is 23.1 Å². The average molecular weight is 235 g/mol. The molecule has 0 unspecified atom stereocenters. The number of hydrogen-bond acceptors (Lipinski definition) is 2. The lowest BCUT2D eigenvalue weighted by molar-refractivity contribution is 0.585. The Hall–Kier alpha value is -2.17. The van der Waals surface area contributed by atoms with Crippen molar-refractivity contribution in [3.05, 3.63) is 48.8 Å². The van der Waals surface area contributed by atoms with Crippen molar-refractivity contribution in [3.63, 3.8) is 0 Å².